The van der Waals surface area contributed by atoms with Gasteiger partial charge in [-0.05, 0) is 6.92 Å². The third-order valence-electron chi connectivity index (χ3n) is 5.06. The predicted molar refractivity (Wildman–Crippen MR) is 108 cm³/mol. The lowest BCUT2D eigenvalue weighted by Gasteiger charge is -2.16. The van der Waals surface area contributed by atoms with E-state index >= 15 is 0 Å². The van der Waals surface area contributed by atoms with Crippen molar-refractivity contribution in [1.82, 2.24) is 0 Å². The molecular formula is C19H14O11S. The van der Waals surface area contributed by atoms with E-state index in [0.29, 0.717) is 11.3 Å². The van der Waals surface area contributed by atoms with Crippen LogP contribution in [-0.4, -0.2) is 56.2 Å². The molecule has 0 aliphatic rings. The Hall–Kier alpha value is -4.32. The van der Waals surface area contributed by atoms with Crippen LogP contribution in [0.4, 0.5) is 0 Å². The fourth-order valence-corrected chi connectivity index (χ4v) is 4.72. The summed E-state index contributed by atoms with van der Waals surface area (Å²) in [7, 11) is 0. The van der Waals surface area contributed by atoms with E-state index in [9.17, 15) is 56.2 Å². The third kappa shape index (κ3) is 2.27. The second-order valence-corrected chi connectivity index (χ2v) is 7.74. The van der Waals surface area contributed by atoms with Gasteiger partial charge >= 0.3 is 0 Å². The summed E-state index contributed by atoms with van der Waals surface area (Å²) in [5.41, 5.74) is -1.49. The van der Waals surface area contributed by atoms with Crippen molar-refractivity contribution in [3.05, 3.63) is 5.56 Å². The Morgan fingerprint density at radius 1 is 0.387 bits per heavy atom. The van der Waals surface area contributed by atoms with Crippen molar-refractivity contribution in [2.24, 2.45) is 0 Å². The molecular weight excluding hydrogens is 436 g/mol. The van der Waals surface area contributed by atoms with Crippen LogP contribution >= 0.6 is 11.3 Å². The summed E-state index contributed by atoms with van der Waals surface area (Å²) in [5, 5.41) is 111. The fourth-order valence-electron chi connectivity index (χ4n) is 3.42. The monoisotopic (exact) mass is 450 g/mol. The zero-order valence-electron chi connectivity index (χ0n) is 15.3. The van der Waals surface area contributed by atoms with Gasteiger partial charge in [-0.25, -0.2) is 0 Å². The molecule has 0 unspecified atom stereocenters. The van der Waals surface area contributed by atoms with Crippen LogP contribution in [0.25, 0.3) is 31.3 Å². The molecule has 3 aromatic carbocycles. The molecule has 1 heterocycles. The summed E-state index contributed by atoms with van der Waals surface area (Å²) in [4.78, 5) is 0. The zero-order valence-corrected chi connectivity index (χ0v) is 16.1. The molecule has 11 N–H and O–H groups in total. The molecule has 11 nitrogen and oxygen atoms in total. The van der Waals surface area contributed by atoms with Crippen molar-refractivity contribution in [2.45, 2.75) is 6.92 Å². The van der Waals surface area contributed by atoms with Gasteiger partial charge in [0, 0.05) is 5.56 Å². The highest BCUT2D eigenvalue weighted by molar-refractivity contribution is 7.27. The fraction of sp³-hybridized carbons (Fsp3) is 0.0526. The van der Waals surface area contributed by atoms with E-state index in [4.69, 9.17) is 0 Å². The van der Waals surface area contributed by atoms with Gasteiger partial charge in [0.2, 0.25) is 23.0 Å². The molecule has 12 heteroatoms. The van der Waals surface area contributed by atoms with E-state index in [2.05, 4.69) is 0 Å². The largest absolute Gasteiger partial charge is 0.507 e. The van der Waals surface area contributed by atoms with Gasteiger partial charge in [-0.1, -0.05) is 0 Å². The van der Waals surface area contributed by atoms with E-state index in [1.165, 1.54) is 6.92 Å². The Bertz CT molecular complexity index is 1420. The van der Waals surface area contributed by atoms with Crippen LogP contribution in [0.1, 0.15) is 5.56 Å². The molecule has 162 valence electrons. The smallest absolute Gasteiger partial charge is 0.205 e. The maximum Gasteiger partial charge on any atom is 0.205 e. The number of phenolic OH excluding ortho intramolecular Hbond substituents is 11. The molecule has 0 radical (unpaired) electrons. The topological polar surface area (TPSA) is 223 Å². The molecule has 31 heavy (non-hydrogen) atoms. The minimum Gasteiger partial charge on any atom is -0.507 e. The quantitative estimate of drug-likeness (QED) is 0.149. The highest BCUT2D eigenvalue weighted by atomic mass is 32.1. The number of thiophene rings is 1. The zero-order chi connectivity index (χ0) is 23.1. The van der Waals surface area contributed by atoms with Crippen LogP contribution in [0, 0.1) is 6.92 Å². The minimum absolute atomic E-state index is 0.242. The van der Waals surface area contributed by atoms with Gasteiger partial charge in [-0.2, -0.15) is 0 Å². The molecule has 4 aromatic rings. The number of hydrogen-bond donors (Lipinski definition) is 11. The van der Waals surface area contributed by atoms with Crippen LogP contribution in [0.5, 0.6) is 63.2 Å². The number of benzene rings is 3. The van der Waals surface area contributed by atoms with Crippen molar-refractivity contribution >= 4 is 31.5 Å². The van der Waals surface area contributed by atoms with E-state index in [1.54, 1.807) is 0 Å². The lowest BCUT2D eigenvalue weighted by atomic mass is 9.95. The summed E-state index contributed by atoms with van der Waals surface area (Å²) in [6.45, 7) is 1.18. The molecule has 0 atom stereocenters. The average molecular weight is 450 g/mol. The Labute approximate surface area is 175 Å². The first-order chi connectivity index (χ1) is 14.4. The van der Waals surface area contributed by atoms with Gasteiger partial charge in [0.1, 0.15) is 5.75 Å². The van der Waals surface area contributed by atoms with Gasteiger partial charge in [-0.15, -0.1) is 11.3 Å². The van der Waals surface area contributed by atoms with Crippen LogP contribution < -0.4 is 0 Å². The first-order valence-corrected chi connectivity index (χ1v) is 9.18. The number of hydrogen-bond acceptors (Lipinski definition) is 12. The van der Waals surface area contributed by atoms with E-state index < -0.39 is 85.1 Å². The molecule has 0 spiro atoms. The van der Waals surface area contributed by atoms with Crippen LogP contribution in [0.3, 0.4) is 0 Å². The van der Waals surface area contributed by atoms with Crippen molar-refractivity contribution in [3.63, 3.8) is 0 Å². The second-order valence-electron chi connectivity index (χ2n) is 6.72. The number of aromatic hydroxyl groups is 11. The molecule has 0 bridgehead atoms. The average Bonchev–Trinajstić information content (AvgIpc) is 3.14. The van der Waals surface area contributed by atoms with E-state index in [-0.39, 0.29) is 15.0 Å². The summed E-state index contributed by atoms with van der Waals surface area (Å²) in [6, 6.07) is 0. The van der Waals surface area contributed by atoms with Gasteiger partial charge in [0.15, 0.2) is 34.5 Å². The molecule has 0 fully saturated rings. The number of fused-ring (bicyclic) bond motifs is 3. The molecule has 4 rings (SSSR count). The summed E-state index contributed by atoms with van der Waals surface area (Å²) in [5.74, 6) is -11.0. The van der Waals surface area contributed by atoms with Gasteiger partial charge in [-0.3, -0.25) is 0 Å². The van der Waals surface area contributed by atoms with Crippen molar-refractivity contribution in [2.75, 3.05) is 0 Å². The highest BCUT2D eigenvalue weighted by Crippen LogP contribution is 2.63. The van der Waals surface area contributed by atoms with Gasteiger partial charge < -0.3 is 56.2 Å². The van der Waals surface area contributed by atoms with Crippen LogP contribution in [-0.2, 0) is 0 Å². The highest BCUT2D eigenvalue weighted by Gasteiger charge is 2.32. The number of rotatable bonds is 1. The summed E-state index contributed by atoms with van der Waals surface area (Å²) < 4.78 is -0.531. The van der Waals surface area contributed by atoms with Crippen molar-refractivity contribution in [3.8, 4) is 74.4 Å². The Morgan fingerprint density at radius 2 is 0.806 bits per heavy atom. The first-order valence-electron chi connectivity index (χ1n) is 8.37. The van der Waals surface area contributed by atoms with Crippen molar-refractivity contribution < 1.29 is 56.2 Å². The second kappa shape index (κ2) is 6.09. The molecule has 0 saturated carbocycles. The standard InChI is InChI=1S/C19H14O11S/c1-2-7(20)3(9(22)13(26)8(2)21)4-10(23)14(27)11(24)5-6-12(25)15(28)16(29)17(30)19(6)31-18(4)5/h20-30H,1H3. The minimum atomic E-state index is -1.15. The lowest BCUT2D eigenvalue weighted by molar-refractivity contribution is 0.351. The predicted octanol–water partition coefficient (Wildman–Crippen LogP) is 2.79. The van der Waals surface area contributed by atoms with Gasteiger partial charge in [0.25, 0.3) is 0 Å². The molecule has 0 aliphatic heterocycles. The Kier molecular flexibility index (Phi) is 3.92. The third-order valence-corrected chi connectivity index (χ3v) is 6.28. The van der Waals surface area contributed by atoms with Gasteiger partial charge in [0.05, 0.1) is 31.3 Å². The van der Waals surface area contributed by atoms with Crippen LogP contribution in [0.15, 0.2) is 0 Å². The maximum atomic E-state index is 10.5. The maximum absolute atomic E-state index is 10.5. The molecule has 0 saturated heterocycles. The Balaban J connectivity index is 2.36. The molecule has 1 aromatic heterocycles. The number of phenols is 11. The van der Waals surface area contributed by atoms with E-state index in [0.717, 1.165) is 0 Å². The normalized spacial score (nSPS) is 11.5. The summed E-state index contributed by atoms with van der Waals surface area (Å²) in [6.07, 6.45) is 0. The summed E-state index contributed by atoms with van der Waals surface area (Å²) >= 11 is 0.539. The SMILES string of the molecule is Cc1c(O)c(O)c(O)c(-c2c(O)c(O)c(O)c3c2sc2c(O)c(O)c(O)c(O)c23)c1O. The molecule has 0 aliphatic carbocycles. The Morgan fingerprint density at radius 3 is 1.39 bits per heavy atom. The first kappa shape index (κ1) is 20.0. The lowest BCUT2D eigenvalue weighted by Crippen LogP contribution is -1.89. The molecule has 0 amide bonds. The van der Waals surface area contributed by atoms with E-state index in [1.807, 2.05) is 0 Å². The van der Waals surface area contributed by atoms with Crippen molar-refractivity contribution in [1.29, 1.82) is 0 Å². The van der Waals surface area contributed by atoms with Crippen LogP contribution in [0.2, 0.25) is 0 Å².